The molecule has 166 valence electrons. The van der Waals surface area contributed by atoms with Crippen LogP contribution in [0.5, 0.6) is 0 Å². The molecule has 1 saturated heterocycles. The molecule has 0 atom stereocenters. The predicted molar refractivity (Wildman–Crippen MR) is 120 cm³/mol. The van der Waals surface area contributed by atoms with E-state index in [9.17, 15) is 13.6 Å². The molecule has 1 aliphatic heterocycles. The number of aromatic nitrogens is 3. The third-order valence-corrected chi connectivity index (χ3v) is 6.08. The highest BCUT2D eigenvalue weighted by atomic mass is 19.2. The minimum Gasteiger partial charge on any atom is -0.376 e. The number of amides is 1. The van der Waals surface area contributed by atoms with E-state index in [1.807, 2.05) is 37.0 Å². The highest BCUT2D eigenvalue weighted by molar-refractivity contribution is 6.13. The Morgan fingerprint density at radius 3 is 2.62 bits per heavy atom. The molecular formula is C23H24F2N6O. The van der Waals surface area contributed by atoms with Crippen LogP contribution in [-0.4, -0.2) is 77.4 Å². The zero-order chi connectivity index (χ0) is 22.6. The summed E-state index contributed by atoms with van der Waals surface area (Å²) >= 11 is 0. The first-order chi connectivity index (χ1) is 15.4. The number of halogens is 2. The van der Waals surface area contributed by atoms with Crippen LogP contribution in [0.4, 0.5) is 14.5 Å². The fourth-order valence-corrected chi connectivity index (χ4v) is 4.52. The number of likely N-dealkylation sites (N-methyl/N-ethyl adjacent to an activating group) is 1. The molecule has 1 aliphatic rings. The summed E-state index contributed by atoms with van der Waals surface area (Å²) in [5.41, 5.74) is 2.64. The van der Waals surface area contributed by atoms with Gasteiger partial charge in [-0.05, 0) is 32.1 Å². The van der Waals surface area contributed by atoms with Gasteiger partial charge in [0.05, 0.1) is 16.7 Å². The van der Waals surface area contributed by atoms with Crippen LogP contribution in [0, 0.1) is 11.6 Å². The van der Waals surface area contributed by atoms with Crippen molar-refractivity contribution in [2.75, 3.05) is 52.2 Å². The maximum Gasteiger partial charge on any atom is 0.259 e. The van der Waals surface area contributed by atoms with E-state index in [1.165, 1.54) is 0 Å². The van der Waals surface area contributed by atoms with Crippen molar-refractivity contribution in [3.8, 4) is 0 Å². The van der Waals surface area contributed by atoms with E-state index in [4.69, 9.17) is 0 Å². The van der Waals surface area contributed by atoms with Crippen LogP contribution in [0.3, 0.4) is 0 Å². The third kappa shape index (κ3) is 3.15. The van der Waals surface area contributed by atoms with Crippen molar-refractivity contribution in [3.05, 3.63) is 47.7 Å². The smallest absolute Gasteiger partial charge is 0.259 e. The Hall–Kier alpha value is -3.33. The van der Waals surface area contributed by atoms with Crippen molar-refractivity contribution in [1.29, 1.82) is 0 Å². The van der Waals surface area contributed by atoms with Gasteiger partial charge in [0.15, 0.2) is 17.3 Å². The maximum absolute atomic E-state index is 14.2. The fourth-order valence-electron chi connectivity index (χ4n) is 4.52. The van der Waals surface area contributed by atoms with Gasteiger partial charge in [-0.25, -0.2) is 18.7 Å². The molecule has 1 fully saturated rings. The summed E-state index contributed by atoms with van der Waals surface area (Å²) in [5.74, 6) is -2.09. The first kappa shape index (κ1) is 20.6. The van der Waals surface area contributed by atoms with Gasteiger partial charge in [0.2, 0.25) is 0 Å². The summed E-state index contributed by atoms with van der Waals surface area (Å²) in [7, 11) is 5.78. The summed E-state index contributed by atoms with van der Waals surface area (Å²) in [5, 5.41) is 0.740. The van der Waals surface area contributed by atoms with E-state index >= 15 is 0 Å². The van der Waals surface area contributed by atoms with Gasteiger partial charge in [0.25, 0.3) is 5.91 Å². The molecule has 0 aliphatic carbocycles. The minimum absolute atomic E-state index is 0.143. The number of benzene rings is 1. The number of imidazole rings is 1. The fraction of sp³-hybridized carbons (Fsp3) is 0.348. The molecule has 32 heavy (non-hydrogen) atoms. The number of nitrogens with zero attached hydrogens (tertiary/aromatic N) is 6. The molecule has 7 nitrogen and oxygen atoms in total. The van der Waals surface area contributed by atoms with Gasteiger partial charge in [0, 0.05) is 57.4 Å². The SMILES string of the molecule is CN1CCCN(C(=O)c2c(N(C)C)c3cccnc3n3c2nc2cc(F)c(F)cc23)CC1. The standard InChI is InChI=1S/C23H24F2N6O/c1-28(2)20-14-6-4-7-26-21(14)31-18-13-16(25)15(24)12-17(18)27-22(31)19(20)23(32)30-9-5-8-29(3)10-11-30/h4,6-7,12-13H,5,8-11H2,1-3H3. The van der Waals surface area contributed by atoms with Crippen molar-refractivity contribution in [2.24, 2.45) is 0 Å². The average molecular weight is 438 g/mol. The summed E-state index contributed by atoms with van der Waals surface area (Å²) < 4.78 is 29.8. The predicted octanol–water partition coefficient (Wildman–Crippen LogP) is 3.16. The van der Waals surface area contributed by atoms with Gasteiger partial charge in [0.1, 0.15) is 11.2 Å². The molecule has 0 N–H and O–H groups in total. The quantitative estimate of drug-likeness (QED) is 0.481. The molecule has 0 bridgehead atoms. The molecule has 1 aromatic carbocycles. The van der Waals surface area contributed by atoms with Crippen LogP contribution in [0.2, 0.25) is 0 Å². The van der Waals surface area contributed by atoms with E-state index in [1.54, 1.807) is 16.7 Å². The summed E-state index contributed by atoms with van der Waals surface area (Å²) in [4.78, 5) is 28.9. The number of anilines is 1. The lowest BCUT2D eigenvalue weighted by Gasteiger charge is -2.25. The molecule has 9 heteroatoms. The number of fused-ring (bicyclic) bond motifs is 5. The normalized spacial score (nSPS) is 15.6. The number of pyridine rings is 2. The van der Waals surface area contributed by atoms with Crippen molar-refractivity contribution >= 4 is 39.3 Å². The van der Waals surface area contributed by atoms with Crippen LogP contribution in [-0.2, 0) is 0 Å². The number of hydrogen-bond donors (Lipinski definition) is 0. The van der Waals surface area contributed by atoms with Crippen molar-refractivity contribution in [1.82, 2.24) is 24.2 Å². The van der Waals surface area contributed by atoms with Gasteiger partial charge in [-0.15, -0.1) is 0 Å². The van der Waals surface area contributed by atoms with E-state index in [0.717, 1.165) is 37.0 Å². The van der Waals surface area contributed by atoms with Crippen molar-refractivity contribution in [2.45, 2.75) is 6.42 Å². The Bertz CT molecular complexity index is 1370. The minimum atomic E-state index is -0.977. The van der Waals surface area contributed by atoms with Crippen molar-refractivity contribution in [3.63, 3.8) is 0 Å². The number of carbonyl (C=O) groups is 1. The van der Waals surface area contributed by atoms with Crippen LogP contribution in [0.25, 0.3) is 27.7 Å². The molecule has 0 radical (unpaired) electrons. The zero-order valence-corrected chi connectivity index (χ0v) is 18.3. The summed E-state index contributed by atoms with van der Waals surface area (Å²) in [6, 6.07) is 5.87. The van der Waals surface area contributed by atoms with Gasteiger partial charge in [-0.3, -0.25) is 9.20 Å². The van der Waals surface area contributed by atoms with Gasteiger partial charge in [-0.1, -0.05) is 0 Å². The van der Waals surface area contributed by atoms with Crippen molar-refractivity contribution < 1.29 is 13.6 Å². The molecule has 4 heterocycles. The van der Waals surface area contributed by atoms with E-state index < -0.39 is 11.6 Å². The second-order valence-corrected chi connectivity index (χ2v) is 8.47. The largest absolute Gasteiger partial charge is 0.376 e. The molecule has 1 amide bonds. The molecule has 3 aromatic heterocycles. The number of rotatable bonds is 2. The summed E-state index contributed by atoms with van der Waals surface area (Å²) in [6.45, 7) is 2.94. The molecule has 5 rings (SSSR count). The van der Waals surface area contributed by atoms with E-state index in [2.05, 4.69) is 14.9 Å². The highest BCUT2D eigenvalue weighted by Crippen LogP contribution is 2.35. The Labute approximate surface area is 183 Å². The van der Waals surface area contributed by atoms with Gasteiger partial charge < -0.3 is 14.7 Å². The third-order valence-electron chi connectivity index (χ3n) is 6.08. The van der Waals surface area contributed by atoms with E-state index in [0.29, 0.717) is 41.2 Å². The van der Waals surface area contributed by atoms with Gasteiger partial charge >= 0.3 is 0 Å². The number of hydrogen-bond acceptors (Lipinski definition) is 5. The Morgan fingerprint density at radius 2 is 1.84 bits per heavy atom. The lowest BCUT2D eigenvalue weighted by molar-refractivity contribution is 0.0765. The zero-order valence-electron chi connectivity index (χ0n) is 18.3. The Kier molecular flexibility index (Phi) is 4.93. The lowest BCUT2D eigenvalue weighted by atomic mass is 10.1. The average Bonchev–Trinajstić information content (AvgIpc) is 2.97. The highest BCUT2D eigenvalue weighted by Gasteiger charge is 2.29. The lowest BCUT2D eigenvalue weighted by Crippen LogP contribution is -2.35. The Balaban J connectivity index is 1.87. The monoisotopic (exact) mass is 438 g/mol. The molecule has 0 saturated carbocycles. The topological polar surface area (TPSA) is 57.0 Å². The summed E-state index contributed by atoms with van der Waals surface area (Å²) in [6.07, 6.45) is 2.51. The van der Waals surface area contributed by atoms with E-state index in [-0.39, 0.29) is 11.4 Å². The molecule has 4 aromatic rings. The van der Waals surface area contributed by atoms with Crippen LogP contribution >= 0.6 is 0 Å². The molecular weight excluding hydrogens is 414 g/mol. The maximum atomic E-state index is 14.2. The van der Waals surface area contributed by atoms with Crippen LogP contribution in [0.15, 0.2) is 30.5 Å². The first-order valence-electron chi connectivity index (χ1n) is 10.6. The molecule has 0 unspecified atom stereocenters. The van der Waals surface area contributed by atoms with Crippen LogP contribution < -0.4 is 4.90 Å². The second-order valence-electron chi connectivity index (χ2n) is 8.47. The first-order valence-corrected chi connectivity index (χ1v) is 10.6. The number of carbonyl (C=O) groups excluding carboxylic acids is 1. The van der Waals surface area contributed by atoms with Gasteiger partial charge in [-0.2, -0.15) is 0 Å². The van der Waals surface area contributed by atoms with Crippen LogP contribution in [0.1, 0.15) is 16.8 Å². The second kappa shape index (κ2) is 7.67. The Morgan fingerprint density at radius 1 is 1.06 bits per heavy atom. The molecule has 0 spiro atoms.